The third-order valence-electron chi connectivity index (χ3n) is 2.97. The minimum Gasteiger partial charge on any atom is -0.545 e. The van der Waals surface area contributed by atoms with Crippen LogP contribution in [0.5, 0.6) is 0 Å². The Morgan fingerprint density at radius 1 is 1.19 bits per heavy atom. The molecule has 0 radical (unpaired) electrons. The van der Waals surface area contributed by atoms with Crippen molar-refractivity contribution in [3.8, 4) is 11.3 Å². The third kappa shape index (κ3) is 3.34. The van der Waals surface area contributed by atoms with Gasteiger partial charge in [-0.2, -0.15) is 0 Å². The average Bonchev–Trinajstić information content (AvgIpc) is 2.47. The van der Waals surface area contributed by atoms with Gasteiger partial charge < -0.3 is 9.90 Å². The molecule has 0 amide bonds. The molecule has 0 saturated heterocycles. The summed E-state index contributed by atoms with van der Waals surface area (Å²) < 4.78 is 0. The van der Waals surface area contributed by atoms with Crippen LogP contribution in [-0.4, -0.2) is 15.9 Å². The third-order valence-corrected chi connectivity index (χ3v) is 3.27. The number of carboxylic acid groups (broad SMARTS) is 1. The Morgan fingerprint density at radius 2 is 2.00 bits per heavy atom. The Kier molecular flexibility index (Phi) is 5.48. The van der Waals surface area contributed by atoms with E-state index in [9.17, 15) is 9.90 Å². The maximum atomic E-state index is 11.3. The van der Waals surface area contributed by atoms with Crippen molar-refractivity contribution in [1.29, 1.82) is 0 Å². The summed E-state index contributed by atoms with van der Waals surface area (Å²) in [5.41, 5.74) is 1.72. The second-order valence-electron chi connectivity index (χ2n) is 4.22. The van der Waals surface area contributed by atoms with Gasteiger partial charge in [-0.3, -0.25) is 4.98 Å². The molecule has 3 rings (SSSR count). The number of hydrogen-bond acceptors (Lipinski definition) is 4. The topological polar surface area (TPSA) is 65.9 Å². The summed E-state index contributed by atoms with van der Waals surface area (Å²) >= 11 is 6.10. The van der Waals surface area contributed by atoms with Crippen molar-refractivity contribution in [3.05, 3.63) is 59.4 Å². The molecule has 6 heteroatoms. The van der Waals surface area contributed by atoms with Gasteiger partial charge in [0.15, 0.2) is 0 Å². The molecule has 0 N–H and O–H groups in total. The summed E-state index contributed by atoms with van der Waals surface area (Å²) in [6.07, 6.45) is 3.25. The Hall–Kier alpha value is -0.824. The van der Waals surface area contributed by atoms with Crippen molar-refractivity contribution in [2.45, 2.75) is 0 Å². The van der Waals surface area contributed by atoms with E-state index in [2.05, 4.69) is 9.97 Å². The fraction of sp³-hybridized carbons (Fsp3) is 0. The Balaban J connectivity index is 0.00000161. The number of para-hydroxylation sites is 1. The van der Waals surface area contributed by atoms with E-state index < -0.39 is 5.97 Å². The number of carbonyl (C=O) groups excluding carboxylic acids is 1. The second kappa shape index (κ2) is 6.96. The van der Waals surface area contributed by atoms with Crippen LogP contribution >= 0.6 is 11.6 Å². The minimum absolute atomic E-state index is 0. The molecule has 98 valence electrons. The molecule has 2 aromatic heterocycles. The number of carboxylic acids is 1. The van der Waals surface area contributed by atoms with E-state index in [-0.39, 0.29) is 56.9 Å². The van der Waals surface area contributed by atoms with E-state index in [0.29, 0.717) is 21.6 Å². The van der Waals surface area contributed by atoms with Gasteiger partial charge in [-0.25, -0.2) is 4.98 Å². The molecule has 0 atom stereocenters. The van der Waals surface area contributed by atoms with E-state index in [4.69, 9.17) is 11.6 Å². The van der Waals surface area contributed by atoms with Crippen LogP contribution in [0.15, 0.2) is 48.8 Å². The van der Waals surface area contributed by atoms with Gasteiger partial charge >= 0.3 is 51.4 Å². The molecule has 0 spiro atoms. The molecule has 0 bridgehead atoms. The summed E-state index contributed by atoms with van der Waals surface area (Å²) in [4.78, 5) is 19.7. The van der Waals surface area contributed by atoms with Crippen LogP contribution in [0.25, 0.3) is 22.2 Å². The summed E-state index contributed by atoms with van der Waals surface area (Å²) in [5, 5.41) is 12.2. The van der Waals surface area contributed by atoms with Crippen molar-refractivity contribution in [1.82, 2.24) is 9.97 Å². The monoisotopic (exact) mass is 322 g/mol. The molecule has 0 aliphatic carbocycles. The van der Waals surface area contributed by atoms with E-state index >= 15 is 0 Å². The first-order valence-electron chi connectivity index (χ1n) is 5.88. The van der Waals surface area contributed by atoms with Gasteiger partial charge in [0, 0.05) is 28.9 Å². The number of aromatic carboxylic acids is 1. The second-order valence-corrected chi connectivity index (χ2v) is 4.63. The van der Waals surface area contributed by atoms with Gasteiger partial charge in [-0.05, 0) is 24.3 Å². The molecule has 1 aromatic carbocycles. The van der Waals surface area contributed by atoms with Crippen LogP contribution in [0.4, 0.5) is 0 Å². The molecular weight excluding hydrogens is 315 g/mol. The molecule has 0 fully saturated rings. The van der Waals surface area contributed by atoms with Crippen molar-refractivity contribution in [2.75, 3.05) is 0 Å². The van der Waals surface area contributed by atoms with Crippen molar-refractivity contribution in [3.63, 3.8) is 0 Å². The number of hydrogen-bond donors (Lipinski definition) is 0. The number of halogens is 1. The van der Waals surface area contributed by atoms with Crippen LogP contribution in [0.1, 0.15) is 10.4 Å². The zero-order chi connectivity index (χ0) is 14.1. The molecule has 0 unspecified atom stereocenters. The Bertz CT molecular complexity index is 809. The van der Waals surface area contributed by atoms with Crippen LogP contribution in [0.3, 0.4) is 0 Å². The molecule has 0 aliphatic rings. The van der Waals surface area contributed by atoms with Gasteiger partial charge in [0.2, 0.25) is 0 Å². The quantitative estimate of drug-likeness (QED) is 0.586. The van der Waals surface area contributed by atoms with Gasteiger partial charge in [0.1, 0.15) is 0 Å². The van der Waals surface area contributed by atoms with Crippen molar-refractivity contribution < 1.29 is 61.3 Å². The molecule has 3 aromatic rings. The standard InChI is InChI=1S/C15H9ClN2O2.K/c16-12-5-1-4-10-11(15(19)20)7-13(18-14(10)12)9-3-2-6-17-8-9;/h1-8H,(H,19,20);/q;+1/p-1. The van der Waals surface area contributed by atoms with Crippen LogP contribution in [-0.2, 0) is 0 Å². The Labute approximate surface area is 168 Å². The number of carbonyl (C=O) groups is 1. The first-order chi connectivity index (χ1) is 9.66. The molecule has 4 nitrogen and oxygen atoms in total. The number of fused-ring (bicyclic) bond motifs is 1. The van der Waals surface area contributed by atoms with Crippen molar-refractivity contribution in [2.24, 2.45) is 0 Å². The predicted molar refractivity (Wildman–Crippen MR) is 74.3 cm³/mol. The van der Waals surface area contributed by atoms with Crippen LogP contribution in [0, 0.1) is 0 Å². The van der Waals surface area contributed by atoms with Gasteiger partial charge in [-0.15, -0.1) is 0 Å². The zero-order valence-corrected chi connectivity index (χ0v) is 15.1. The maximum absolute atomic E-state index is 11.3. The normalized spacial score (nSPS) is 10.1. The minimum atomic E-state index is -1.26. The van der Waals surface area contributed by atoms with Crippen LogP contribution in [0.2, 0.25) is 5.02 Å². The number of aromatic nitrogens is 2. The average molecular weight is 323 g/mol. The SMILES string of the molecule is O=C([O-])c1cc(-c2cccnc2)nc2c(Cl)cccc12.[K+]. The molecule has 2 heterocycles. The van der Waals surface area contributed by atoms with Gasteiger partial charge in [0.05, 0.1) is 22.2 Å². The molecular formula is C15H8ClKN2O2. The van der Waals surface area contributed by atoms with Gasteiger partial charge in [-0.1, -0.05) is 23.7 Å². The van der Waals surface area contributed by atoms with Crippen LogP contribution < -0.4 is 56.5 Å². The number of rotatable bonds is 2. The summed E-state index contributed by atoms with van der Waals surface area (Å²) in [6.45, 7) is 0. The number of benzene rings is 1. The van der Waals surface area contributed by atoms with E-state index in [0.717, 1.165) is 5.56 Å². The first kappa shape index (κ1) is 16.5. The fourth-order valence-electron chi connectivity index (χ4n) is 2.04. The maximum Gasteiger partial charge on any atom is 1.00 e. The number of pyridine rings is 2. The molecule has 0 aliphatic heterocycles. The molecule has 0 saturated carbocycles. The summed E-state index contributed by atoms with van der Waals surface area (Å²) in [6, 6.07) is 10.0. The summed E-state index contributed by atoms with van der Waals surface area (Å²) in [5.74, 6) is -1.26. The predicted octanol–water partition coefficient (Wildman–Crippen LogP) is -0.682. The largest absolute Gasteiger partial charge is 1.00 e. The smallest absolute Gasteiger partial charge is 0.545 e. The number of nitrogens with zero attached hydrogens (tertiary/aromatic N) is 2. The Morgan fingerprint density at radius 3 is 2.67 bits per heavy atom. The van der Waals surface area contributed by atoms with E-state index in [1.165, 1.54) is 6.07 Å². The van der Waals surface area contributed by atoms with Crippen molar-refractivity contribution >= 4 is 28.5 Å². The van der Waals surface area contributed by atoms with Gasteiger partial charge in [0.25, 0.3) is 0 Å². The fourth-order valence-corrected chi connectivity index (χ4v) is 2.26. The zero-order valence-electron chi connectivity index (χ0n) is 11.2. The summed E-state index contributed by atoms with van der Waals surface area (Å²) in [7, 11) is 0. The van der Waals surface area contributed by atoms with E-state index in [1.54, 1.807) is 42.7 Å². The molecule has 21 heavy (non-hydrogen) atoms. The van der Waals surface area contributed by atoms with E-state index in [1.807, 2.05) is 0 Å². The first-order valence-corrected chi connectivity index (χ1v) is 6.25.